The van der Waals surface area contributed by atoms with Crippen molar-refractivity contribution in [1.29, 1.82) is 0 Å². The van der Waals surface area contributed by atoms with Crippen molar-refractivity contribution >= 4 is 15.9 Å². The van der Waals surface area contributed by atoms with Gasteiger partial charge in [-0.2, -0.15) is 0 Å². The first-order valence-electron chi connectivity index (χ1n) is 6.61. The molecule has 0 nitrogen and oxygen atoms in total. The summed E-state index contributed by atoms with van der Waals surface area (Å²) in [5.41, 5.74) is 0. The number of allylic oxidation sites excluding steroid dienone is 2. The Kier molecular flexibility index (Phi) is 14.6. The van der Waals surface area contributed by atoms with Crippen LogP contribution in [-0.2, 0) is 0 Å². The summed E-state index contributed by atoms with van der Waals surface area (Å²) in [5.74, 6) is 6.26. The second-order valence-electron chi connectivity index (χ2n) is 4.05. The van der Waals surface area contributed by atoms with Crippen LogP contribution in [0.4, 0.5) is 0 Å². The summed E-state index contributed by atoms with van der Waals surface area (Å²) < 4.78 is 0. The molecule has 16 heavy (non-hydrogen) atoms. The summed E-state index contributed by atoms with van der Waals surface area (Å²) in [7, 11) is 0. The SMILES string of the molecule is CC/C=C\C#CCCCCCCCCCBr. The van der Waals surface area contributed by atoms with Crippen molar-refractivity contribution in [2.75, 3.05) is 5.33 Å². The average molecular weight is 285 g/mol. The molecule has 0 spiro atoms. The first-order valence-corrected chi connectivity index (χ1v) is 7.73. The van der Waals surface area contributed by atoms with Crippen LogP contribution in [0.2, 0.25) is 0 Å². The summed E-state index contributed by atoms with van der Waals surface area (Å²) in [4.78, 5) is 0. The molecule has 0 atom stereocenters. The number of rotatable bonds is 9. The molecule has 0 aromatic heterocycles. The molecule has 0 aromatic rings. The quantitative estimate of drug-likeness (QED) is 0.299. The van der Waals surface area contributed by atoms with Crippen LogP contribution < -0.4 is 0 Å². The van der Waals surface area contributed by atoms with Crippen molar-refractivity contribution < 1.29 is 0 Å². The number of unbranched alkanes of at least 4 members (excludes halogenated alkanes) is 7. The zero-order valence-corrected chi connectivity index (χ0v) is 12.2. The number of hydrogen-bond donors (Lipinski definition) is 0. The van der Waals surface area contributed by atoms with Gasteiger partial charge in [-0.3, -0.25) is 0 Å². The Labute approximate surface area is 110 Å². The third-order valence-corrected chi connectivity index (χ3v) is 3.04. The van der Waals surface area contributed by atoms with Crippen molar-refractivity contribution in [2.24, 2.45) is 0 Å². The van der Waals surface area contributed by atoms with Gasteiger partial charge in [0.2, 0.25) is 0 Å². The molecule has 0 amide bonds. The highest BCUT2D eigenvalue weighted by molar-refractivity contribution is 9.09. The van der Waals surface area contributed by atoms with E-state index in [9.17, 15) is 0 Å². The van der Waals surface area contributed by atoms with Crippen molar-refractivity contribution in [3.05, 3.63) is 12.2 Å². The molecule has 0 aromatic carbocycles. The van der Waals surface area contributed by atoms with Gasteiger partial charge in [0.25, 0.3) is 0 Å². The summed E-state index contributed by atoms with van der Waals surface area (Å²) in [6.45, 7) is 2.13. The highest BCUT2D eigenvalue weighted by atomic mass is 79.9. The van der Waals surface area contributed by atoms with Crippen molar-refractivity contribution in [1.82, 2.24) is 0 Å². The lowest BCUT2D eigenvalue weighted by atomic mass is 10.1. The highest BCUT2D eigenvalue weighted by Crippen LogP contribution is 2.08. The van der Waals surface area contributed by atoms with Gasteiger partial charge >= 0.3 is 0 Å². The Morgan fingerprint density at radius 2 is 1.56 bits per heavy atom. The monoisotopic (exact) mass is 284 g/mol. The molecule has 0 saturated heterocycles. The highest BCUT2D eigenvalue weighted by Gasteiger charge is 1.90. The maximum absolute atomic E-state index is 3.46. The van der Waals surface area contributed by atoms with E-state index >= 15 is 0 Å². The van der Waals surface area contributed by atoms with E-state index in [0.29, 0.717) is 0 Å². The van der Waals surface area contributed by atoms with Gasteiger partial charge in [-0.1, -0.05) is 72.9 Å². The first-order chi connectivity index (χ1) is 7.91. The van der Waals surface area contributed by atoms with E-state index in [4.69, 9.17) is 0 Å². The van der Waals surface area contributed by atoms with E-state index in [-0.39, 0.29) is 0 Å². The van der Waals surface area contributed by atoms with Crippen molar-refractivity contribution in [3.63, 3.8) is 0 Å². The van der Waals surface area contributed by atoms with Crippen LogP contribution in [0.5, 0.6) is 0 Å². The maximum atomic E-state index is 3.46. The average Bonchev–Trinajstić information content (AvgIpc) is 2.31. The normalized spacial score (nSPS) is 10.4. The van der Waals surface area contributed by atoms with Crippen LogP contribution in [0.3, 0.4) is 0 Å². The third-order valence-electron chi connectivity index (χ3n) is 2.47. The molecule has 0 saturated carbocycles. The van der Waals surface area contributed by atoms with Gasteiger partial charge in [0.05, 0.1) is 0 Å². The Morgan fingerprint density at radius 3 is 2.19 bits per heavy atom. The Morgan fingerprint density at radius 1 is 0.938 bits per heavy atom. The van der Waals surface area contributed by atoms with E-state index in [0.717, 1.165) is 18.2 Å². The molecular formula is C15H25Br. The lowest BCUT2D eigenvalue weighted by molar-refractivity contribution is 0.596. The molecule has 0 N–H and O–H groups in total. The van der Waals surface area contributed by atoms with Crippen molar-refractivity contribution in [3.8, 4) is 11.8 Å². The fourth-order valence-electron chi connectivity index (χ4n) is 1.50. The van der Waals surface area contributed by atoms with Gasteiger partial charge in [0.15, 0.2) is 0 Å². The fraction of sp³-hybridized carbons (Fsp3) is 0.733. The largest absolute Gasteiger partial charge is 0.0985 e. The smallest absolute Gasteiger partial charge is 0.00922 e. The molecule has 0 aliphatic heterocycles. The molecule has 0 fully saturated rings. The second-order valence-corrected chi connectivity index (χ2v) is 4.84. The van der Waals surface area contributed by atoms with Gasteiger partial charge in [0, 0.05) is 11.8 Å². The zero-order valence-electron chi connectivity index (χ0n) is 10.6. The van der Waals surface area contributed by atoms with Crippen LogP contribution in [0, 0.1) is 11.8 Å². The summed E-state index contributed by atoms with van der Waals surface area (Å²) in [5, 5.41) is 1.16. The Balaban J connectivity index is 3.08. The van der Waals surface area contributed by atoms with Gasteiger partial charge < -0.3 is 0 Å². The second kappa shape index (κ2) is 14.8. The number of halogens is 1. The van der Waals surface area contributed by atoms with E-state index in [1.807, 2.05) is 6.08 Å². The topological polar surface area (TPSA) is 0 Å². The maximum Gasteiger partial charge on any atom is 0.00922 e. The van der Waals surface area contributed by atoms with Crippen LogP contribution in [-0.4, -0.2) is 5.33 Å². The molecule has 92 valence electrons. The molecule has 1 heteroatoms. The fourth-order valence-corrected chi connectivity index (χ4v) is 1.90. The predicted octanol–water partition coefficient (Wildman–Crippen LogP) is 5.47. The first kappa shape index (κ1) is 15.8. The van der Waals surface area contributed by atoms with E-state index in [1.54, 1.807) is 0 Å². The van der Waals surface area contributed by atoms with E-state index < -0.39 is 0 Å². The van der Waals surface area contributed by atoms with Crippen LogP contribution in [0.1, 0.15) is 64.7 Å². The van der Waals surface area contributed by atoms with Crippen molar-refractivity contribution in [2.45, 2.75) is 64.7 Å². The lowest BCUT2D eigenvalue weighted by Crippen LogP contribution is -1.80. The molecule has 0 bridgehead atoms. The molecule has 0 unspecified atom stereocenters. The zero-order chi connectivity index (χ0) is 11.9. The van der Waals surface area contributed by atoms with Gasteiger partial charge in [-0.15, -0.1) is 0 Å². The Bertz CT molecular complexity index is 207. The third kappa shape index (κ3) is 13.8. The summed E-state index contributed by atoms with van der Waals surface area (Å²) in [6.07, 6.45) is 15.7. The molecule has 0 rings (SSSR count). The van der Waals surface area contributed by atoms with Crippen LogP contribution >= 0.6 is 15.9 Å². The molecule has 0 aliphatic rings. The predicted molar refractivity (Wildman–Crippen MR) is 77.9 cm³/mol. The summed E-state index contributed by atoms with van der Waals surface area (Å²) in [6, 6.07) is 0. The molecule has 0 heterocycles. The molecular weight excluding hydrogens is 260 g/mol. The molecule has 0 aliphatic carbocycles. The van der Waals surface area contributed by atoms with Crippen LogP contribution in [0.15, 0.2) is 12.2 Å². The minimum Gasteiger partial charge on any atom is -0.0985 e. The molecule has 0 radical (unpaired) electrons. The van der Waals surface area contributed by atoms with E-state index in [2.05, 4.69) is 40.8 Å². The standard InChI is InChI=1S/C15H25Br/c1-2-3-4-5-6-7-8-9-10-11-12-13-14-15-16/h3-4H,2,7-15H2,1H3/b4-3-. The lowest BCUT2D eigenvalue weighted by Gasteiger charge is -1.98. The number of alkyl halides is 1. The minimum absolute atomic E-state index is 1.06. The van der Waals surface area contributed by atoms with Gasteiger partial charge in [-0.05, 0) is 25.3 Å². The van der Waals surface area contributed by atoms with Crippen LogP contribution in [0.25, 0.3) is 0 Å². The Hall–Kier alpha value is -0.220. The van der Waals surface area contributed by atoms with E-state index in [1.165, 1.54) is 44.9 Å². The number of hydrogen-bond acceptors (Lipinski definition) is 0. The summed E-state index contributed by atoms with van der Waals surface area (Å²) >= 11 is 3.46. The van der Waals surface area contributed by atoms with Gasteiger partial charge in [0.1, 0.15) is 0 Å². The van der Waals surface area contributed by atoms with Gasteiger partial charge in [-0.25, -0.2) is 0 Å². The minimum atomic E-state index is 1.06.